The van der Waals surface area contributed by atoms with Gasteiger partial charge < -0.3 is 19.4 Å². The average Bonchev–Trinajstić information content (AvgIpc) is 3.43. The third-order valence-electron chi connectivity index (χ3n) is 12.8. The topological polar surface area (TPSA) is 52.9 Å². The molecule has 0 bridgehead atoms. The van der Waals surface area contributed by atoms with Crippen LogP contribution in [0.5, 0.6) is 0 Å². The van der Waals surface area contributed by atoms with Crippen LogP contribution < -0.4 is 0 Å². The molecule has 0 radical (unpaired) electrons. The number of fused-ring (bicyclic) bond motifs is 5. The molecule has 10 atom stereocenters. The molecule has 0 unspecified atom stereocenters. The normalized spacial score (nSPS) is 51.9. The lowest BCUT2D eigenvalue weighted by molar-refractivity contribution is -0.938. The maximum atomic E-state index is 11.9. The summed E-state index contributed by atoms with van der Waals surface area (Å²) in [5.74, 6) is 2.78. The number of hydrogen-bond donors (Lipinski definition) is 2. The Morgan fingerprint density at radius 1 is 1.00 bits per heavy atom. The Kier molecular flexibility index (Phi) is 6.45. The molecule has 198 valence electrons. The van der Waals surface area contributed by atoms with E-state index in [-0.39, 0.29) is 17.6 Å². The van der Waals surface area contributed by atoms with Crippen LogP contribution in [0.15, 0.2) is 12.7 Å². The summed E-state index contributed by atoms with van der Waals surface area (Å²) in [6, 6.07) is 0.684. The molecule has 0 amide bonds. The molecule has 5 nitrogen and oxygen atoms in total. The minimum absolute atomic E-state index is 0.0713. The van der Waals surface area contributed by atoms with Gasteiger partial charge in [-0.05, 0) is 73.7 Å². The lowest BCUT2D eigenvalue weighted by atomic mass is 9.44. The van der Waals surface area contributed by atoms with Gasteiger partial charge >= 0.3 is 0 Å². The summed E-state index contributed by atoms with van der Waals surface area (Å²) in [7, 11) is 0. The van der Waals surface area contributed by atoms with Crippen molar-refractivity contribution in [3.8, 4) is 0 Å². The molecule has 4 aliphatic carbocycles. The van der Waals surface area contributed by atoms with Gasteiger partial charge in [0.25, 0.3) is 0 Å². The first-order chi connectivity index (χ1) is 16.8. The Balaban J connectivity index is 1.26. The maximum Gasteiger partial charge on any atom is 0.116 e. The first-order valence-electron chi connectivity index (χ1n) is 15.0. The molecule has 0 aromatic rings. The molecule has 6 aliphatic rings. The molecule has 2 saturated heterocycles. The Morgan fingerprint density at radius 3 is 2.46 bits per heavy atom. The van der Waals surface area contributed by atoms with Gasteiger partial charge in [0.15, 0.2) is 0 Å². The van der Waals surface area contributed by atoms with E-state index >= 15 is 0 Å². The second-order valence-corrected chi connectivity index (χ2v) is 14.0. The minimum Gasteiger partial charge on any atom is -0.391 e. The standard InChI is InChI=1S/C30H51N2O3/c1-4-13-32(14-5-6-15-32)26-19-24-22-8-7-21-18-27(33)25(31-11-16-35-17-12-31)20-30(21,3)23(22)9-10-29(24,2)28(26)34/h4,21-28,33-34H,1,5-20H2,2-3H3/q+1/t21-,22-,23-,24-,25+,26+,27-,28+,29+,30+/m1/s1. The van der Waals surface area contributed by atoms with Crippen molar-refractivity contribution >= 4 is 0 Å². The van der Waals surface area contributed by atoms with Crippen LogP contribution in [0.25, 0.3) is 0 Å². The fraction of sp³-hybridized carbons (Fsp3) is 0.933. The predicted octanol–water partition coefficient (Wildman–Crippen LogP) is 3.84. The Morgan fingerprint density at radius 2 is 1.74 bits per heavy atom. The van der Waals surface area contributed by atoms with Crippen LogP contribution in [0.3, 0.4) is 0 Å². The van der Waals surface area contributed by atoms with Crippen molar-refractivity contribution in [1.82, 2.24) is 4.90 Å². The summed E-state index contributed by atoms with van der Waals surface area (Å²) >= 11 is 0. The third kappa shape index (κ3) is 3.73. The number of morpholine rings is 1. The molecule has 35 heavy (non-hydrogen) atoms. The number of quaternary nitrogens is 1. The summed E-state index contributed by atoms with van der Waals surface area (Å²) in [4.78, 5) is 2.54. The fourth-order valence-electron chi connectivity index (χ4n) is 10.9. The third-order valence-corrected chi connectivity index (χ3v) is 12.8. The van der Waals surface area contributed by atoms with E-state index in [1.807, 2.05) is 0 Å². The molecule has 2 heterocycles. The Bertz CT molecular complexity index is 792. The second-order valence-electron chi connectivity index (χ2n) is 14.0. The fourth-order valence-corrected chi connectivity index (χ4v) is 10.9. The lowest BCUT2D eigenvalue weighted by Gasteiger charge is -2.62. The number of rotatable bonds is 4. The highest BCUT2D eigenvalue weighted by Crippen LogP contribution is 2.67. The minimum atomic E-state index is -0.187. The van der Waals surface area contributed by atoms with E-state index in [9.17, 15) is 10.2 Å². The van der Waals surface area contributed by atoms with Gasteiger partial charge in [-0.25, -0.2) is 0 Å². The number of ether oxygens (including phenoxy) is 1. The summed E-state index contributed by atoms with van der Waals surface area (Å²) in [5, 5.41) is 23.1. The predicted molar refractivity (Wildman–Crippen MR) is 139 cm³/mol. The lowest BCUT2D eigenvalue weighted by Crippen LogP contribution is -2.61. The molecular weight excluding hydrogens is 436 g/mol. The summed E-state index contributed by atoms with van der Waals surface area (Å²) in [6.07, 6.45) is 12.7. The number of nitrogens with zero attached hydrogens (tertiary/aromatic N) is 2. The zero-order valence-electron chi connectivity index (χ0n) is 22.4. The maximum absolute atomic E-state index is 11.9. The van der Waals surface area contributed by atoms with Gasteiger partial charge in [0, 0.05) is 43.8 Å². The molecule has 0 aromatic carbocycles. The molecule has 6 rings (SSSR count). The van der Waals surface area contributed by atoms with Crippen LogP contribution in [0, 0.1) is 34.5 Å². The first kappa shape index (κ1) is 24.9. The zero-order chi connectivity index (χ0) is 24.4. The van der Waals surface area contributed by atoms with Gasteiger partial charge in [-0.15, -0.1) is 0 Å². The highest BCUT2D eigenvalue weighted by atomic mass is 16.5. The monoisotopic (exact) mass is 487 g/mol. The first-order valence-corrected chi connectivity index (χ1v) is 15.0. The van der Waals surface area contributed by atoms with E-state index in [0.717, 1.165) is 62.0 Å². The van der Waals surface area contributed by atoms with Gasteiger partial charge in [0.2, 0.25) is 0 Å². The molecule has 4 saturated carbocycles. The largest absolute Gasteiger partial charge is 0.391 e. The summed E-state index contributed by atoms with van der Waals surface area (Å²) in [6.45, 7) is 16.2. The van der Waals surface area contributed by atoms with Crippen molar-refractivity contribution in [3.63, 3.8) is 0 Å². The van der Waals surface area contributed by atoms with Crippen LogP contribution >= 0.6 is 0 Å². The number of aliphatic hydroxyl groups is 2. The van der Waals surface area contributed by atoms with Crippen molar-refractivity contribution in [2.24, 2.45) is 34.5 Å². The van der Waals surface area contributed by atoms with Crippen molar-refractivity contribution in [1.29, 1.82) is 0 Å². The van der Waals surface area contributed by atoms with E-state index in [4.69, 9.17) is 4.74 Å². The SMILES string of the molecule is C=CC[N+]1([C@H]2C[C@@H]3[C@@H]4CC[C@@H]5C[C@@H](O)[C@@H](N6CCOCC6)C[C@]5(C)[C@@H]4CC[C@]3(C)[C@H]2O)CCCC1. The van der Waals surface area contributed by atoms with Gasteiger partial charge in [-0.2, -0.15) is 0 Å². The highest BCUT2D eigenvalue weighted by molar-refractivity contribution is 5.13. The van der Waals surface area contributed by atoms with Gasteiger partial charge in [-0.3, -0.25) is 4.90 Å². The molecular formula is C30H51N2O3+. The van der Waals surface area contributed by atoms with Crippen LogP contribution in [-0.2, 0) is 4.74 Å². The summed E-state index contributed by atoms with van der Waals surface area (Å²) < 4.78 is 6.73. The zero-order valence-corrected chi connectivity index (χ0v) is 22.4. The quantitative estimate of drug-likeness (QED) is 0.467. The Hall–Kier alpha value is -0.460. The molecule has 5 heteroatoms. The molecule has 6 fully saturated rings. The summed E-state index contributed by atoms with van der Waals surface area (Å²) in [5.41, 5.74) is 0.387. The van der Waals surface area contributed by atoms with Crippen LogP contribution in [0.4, 0.5) is 0 Å². The Labute approximate surface area is 213 Å². The van der Waals surface area contributed by atoms with Crippen molar-refractivity contribution in [3.05, 3.63) is 12.7 Å². The van der Waals surface area contributed by atoms with E-state index in [1.165, 1.54) is 58.0 Å². The van der Waals surface area contributed by atoms with Gasteiger partial charge in [-0.1, -0.05) is 20.4 Å². The van der Waals surface area contributed by atoms with E-state index in [2.05, 4.69) is 31.4 Å². The van der Waals surface area contributed by atoms with Crippen molar-refractivity contribution in [2.45, 2.75) is 95.9 Å². The van der Waals surface area contributed by atoms with E-state index in [1.54, 1.807) is 0 Å². The van der Waals surface area contributed by atoms with Gasteiger partial charge in [0.05, 0.1) is 39.0 Å². The smallest absolute Gasteiger partial charge is 0.116 e. The molecule has 0 aromatic heterocycles. The average molecular weight is 488 g/mol. The molecule has 0 spiro atoms. The van der Waals surface area contributed by atoms with Crippen molar-refractivity contribution < 1.29 is 19.4 Å². The van der Waals surface area contributed by atoms with Crippen molar-refractivity contribution in [2.75, 3.05) is 45.9 Å². The molecule has 2 N–H and O–H groups in total. The van der Waals surface area contributed by atoms with Crippen LogP contribution in [0.2, 0.25) is 0 Å². The van der Waals surface area contributed by atoms with Crippen LogP contribution in [0.1, 0.15) is 71.6 Å². The number of aliphatic hydroxyl groups excluding tert-OH is 2. The van der Waals surface area contributed by atoms with E-state index < -0.39 is 0 Å². The number of hydrogen-bond acceptors (Lipinski definition) is 4. The van der Waals surface area contributed by atoms with Crippen LogP contribution in [-0.4, -0.2) is 89.8 Å². The van der Waals surface area contributed by atoms with Gasteiger partial charge in [0.1, 0.15) is 12.1 Å². The van der Waals surface area contributed by atoms with E-state index in [0.29, 0.717) is 29.3 Å². The second kappa shape index (κ2) is 9.08. The number of likely N-dealkylation sites (tertiary alicyclic amines) is 1. The highest BCUT2D eigenvalue weighted by Gasteiger charge is 2.66. The molecule has 2 aliphatic heterocycles.